The average Bonchev–Trinajstić information content (AvgIpc) is 4.26. The average molecular weight is 985 g/mol. The maximum atomic E-state index is 4.03. The van der Waals surface area contributed by atoms with Crippen molar-refractivity contribution >= 4 is 0 Å². The molecule has 0 atom stereocenters. The molecule has 0 aromatic carbocycles. The zero-order chi connectivity index (χ0) is 55.9. The van der Waals surface area contributed by atoms with E-state index in [1.54, 1.807) is 70.5 Å². The van der Waals surface area contributed by atoms with E-state index in [2.05, 4.69) is 155 Å². The Morgan fingerprint density at radius 1 is 0.286 bits per heavy atom. The zero-order valence-electron chi connectivity index (χ0n) is 50.0. The van der Waals surface area contributed by atoms with Crippen LogP contribution in [-0.4, -0.2) is 83.4 Å². The van der Waals surface area contributed by atoms with Crippen molar-refractivity contribution in [1.82, 2.24) is 83.4 Å². The fourth-order valence-electron chi connectivity index (χ4n) is 3.80. The Morgan fingerprint density at radius 2 is 0.743 bits per heavy atom. The first-order chi connectivity index (χ1) is 33.6. The highest BCUT2D eigenvalue weighted by molar-refractivity contribution is 4.91. The molecule has 0 fully saturated rings. The molecule has 70 heavy (non-hydrogen) atoms. The number of imidazole rings is 1. The summed E-state index contributed by atoms with van der Waals surface area (Å²) >= 11 is 0. The van der Waals surface area contributed by atoms with Crippen LogP contribution in [0.1, 0.15) is 236 Å². The van der Waals surface area contributed by atoms with Gasteiger partial charge in [0.2, 0.25) is 0 Å². The quantitative estimate of drug-likeness (QED) is 0.150. The highest BCUT2D eigenvalue weighted by Gasteiger charge is 1.96. The molecule has 0 saturated carbocycles. The van der Waals surface area contributed by atoms with Gasteiger partial charge in [0.05, 0.1) is 31.0 Å². The third kappa shape index (κ3) is 46.0. The van der Waals surface area contributed by atoms with Gasteiger partial charge in [-0.3, -0.25) is 14.0 Å². The lowest BCUT2D eigenvalue weighted by molar-refractivity contribution is 0.466. The number of nitrogens with zero attached hydrogens (tertiary/aromatic N) is 17. The van der Waals surface area contributed by atoms with Crippen molar-refractivity contribution in [3.05, 3.63) is 112 Å². The summed E-state index contributed by atoms with van der Waals surface area (Å²) < 4.78 is 11.7. The topological polar surface area (TPSA) is 163 Å². The van der Waals surface area contributed by atoms with E-state index in [9.17, 15) is 0 Å². The summed E-state index contributed by atoms with van der Waals surface area (Å²) in [7, 11) is 0. The molecule has 0 saturated heterocycles. The largest absolute Gasteiger partial charge is 0.352 e. The minimum Gasteiger partial charge on any atom is -0.352 e. The predicted molar refractivity (Wildman–Crippen MR) is 301 cm³/mol. The van der Waals surface area contributed by atoms with Crippen molar-refractivity contribution in [3.8, 4) is 0 Å². The fourth-order valence-corrected chi connectivity index (χ4v) is 3.80. The second-order valence-corrected chi connectivity index (χ2v) is 14.3. The first-order valence-electron chi connectivity index (χ1n) is 26.1. The van der Waals surface area contributed by atoms with Crippen molar-refractivity contribution in [2.45, 2.75) is 236 Å². The van der Waals surface area contributed by atoms with Crippen molar-refractivity contribution in [2.24, 2.45) is 0 Å². The van der Waals surface area contributed by atoms with Gasteiger partial charge in [-0.05, 0) is 115 Å². The Hall–Kier alpha value is -5.74. The molecule has 7 heterocycles. The summed E-state index contributed by atoms with van der Waals surface area (Å²) in [6.07, 6.45) is 27.1. The van der Waals surface area contributed by atoms with Gasteiger partial charge < -0.3 is 13.7 Å². The lowest BCUT2D eigenvalue weighted by atomic mass is 10.4. The lowest BCUT2D eigenvalue weighted by Crippen LogP contribution is -2.03. The standard InChI is InChI=1S/C7H11N.2C6H10N2.4C5H9N3.7C2H6/c1-7(2)8-5-3-4-6-8;1-6(2)8-4-3-7-5-8;1-6(2)8-5-3-4-7-8;1-5(2)8-3-6-7-4-8;1-5(2)8-4-6-3-7-8;1-5(2)8-4-3-6-7-8;1-5(2)8-6-3-4-7-8;7*1-2/h3-7H,1-2H3;2*3-6H,1-2H3;4*3-5H,1-2H3;7*1-2H3. The van der Waals surface area contributed by atoms with Crippen LogP contribution in [0.4, 0.5) is 0 Å². The van der Waals surface area contributed by atoms with Crippen LogP contribution in [0.15, 0.2) is 112 Å². The van der Waals surface area contributed by atoms with E-state index in [1.807, 2.05) is 163 Å². The first kappa shape index (κ1) is 78.4. The third-order valence-corrected chi connectivity index (χ3v) is 7.27. The Morgan fingerprint density at radius 3 is 0.943 bits per heavy atom. The Labute approximate surface area is 430 Å². The molecule has 0 aliphatic carbocycles. The summed E-state index contributed by atoms with van der Waals surface area (Å²) in [5.41, 5.74) is 0. The highest BCUT2D eigenvalue weighted by Crippen LogP contribution is 2.03. The third-order valence-electron chi connectivity index (χ3n) is 7.27. The van der Waals surface area contributed by atoms with Crippen LogP contribution in [0.2, 0.25) is 0 Å². The Bertz CT molecular complexity index is 1380. The minimum atomic E-state index is 0.380. The van der Waals surface area contributed by atoms with Gasteiger partial charge in [0.25, 0.3) is 0 Å². The second-order valence-electron chi connectivity index (χ2n) is 14.3. The summed E-state index contributed by atoms with van der Waals surface area (Å²) in [5.74, 6) is 0. The van der Waals surface area contributed by atoms with Crippen molar-refractivity contribution in [3.63, 3.8) is 0 Å². The number of hydrogen-bond donors (Lipinski definition) is 0. The SMILES string of the molecule is CC.CC.CC.CC.CC.CC.CC.CC(C)n1cccc1.CC(C)n1cccn1.CC(C)n1ccnc1.CC(C)n1ccnn1.CC(C)n1cncn1.CC(C)n1cnnc1.CC(C)n1nccn1. The molecule has 0 radical (unpaired) electrons. The molecule has 7 rings (SSSR count). The lowest BCUT2D eigenvalue weighted by Gasteiger charge is -2.03. The van der Waals surface area contributed by atoms with E-state index >= 15 is 0 Å². The van der Waals surface area contributed by atoms with Gasteiger partial charge in [0.1, 0.15) is 25.3 Å². The predicted octanol–water partition coefficient (Wildman–Crippen LogP) is 15.6. The van der Waals surface area contributed by atoms with Crippen LogP contribution in [0.3, 0.4) is 0 Å². The summed E-state index contributed by atoms with van der Waals surface area (Å²) in [6.45, 7) is 57.3. The van der Waals surface area contributed by atoms with Gasteiger partial charge >= 0.3 is 0 Å². The van der Waals surface area contributed by atoms with Gasteiger partial charge in [0.15, 0.2) is 0 Å². The van der Waals surface area contributed by atoms with E-state index in [1.165, 1.54) is 0 Å². The Balaban J connectivity index is -0.000000127. The van der Waals surface area contributed by atoms with E-state index in [0.29, 0.717) is 42.3 Å². The molecule has 0 spiro atoms. The smallest absolute Gasteiger partial charge is 0.137 e. The highest BCUT2D eigenvalue weighted by atomic mass is 15.5. The molecule has 0 bridgehead atoms. The van der Waals surface area contributed by atoms with Crippen molar-refractivity contribution in [1.29, 1.82) is 0 Å². The fraction of sp³-hybridized carbons (Fsp3) is 0.660. The second kappa shape index (κ2) is 59.4. The van der Waals surface area contributed by atoms with Crippen LogP contribution in [-0.2, 0) is 0 Å². The molecule has 0 aliphatic heterocycles. The normalized spacial score (nSPS) is 8.90. The molecule has 0 unspecified atom stereocenters. The van der Waals surface area contributed by atoms with Crippen molar-refractivity contribution in [2.75, 3.05) is 0 Å². The van der Waals surface area contributed by atoms with E-state index in [4.69, 9.17) is 0 Å². The molecule has 0 amide bonds. The molecule has 7 aromatic heterocycles. The molecule has 406 valence electrons. The van der Waals surface area contributed by atoms with Gasteiger partial charge in [-0.1, -0.05) is 102 Å². The van der Waals surface area contributed by atoms with E-state index in [0.717, 1.165) is 0 Å². The van der Waals surface area contributed by atoms with Gasteiger partial charge in [0, 0.05) is 79.6 Å². The monoisotopic (exact) mass is 984 g/mol. The molecule has 7 aromatic rings. The molecule has 17 heteroatoms. The maximum absolute atomic E-state index is 4.03. The zero-order valence-corrected chi connectivity index (χ0v) is 50.0. The van der Waals surface area contributed by atoms with Crippen LogP contribution < -0.4 is 0 Å². The minimum absolute atomic E-state index is 0.380. The van der Waals surface area contributed by atoms with Crippen molar-refractivity contribution < 1.29 is 0 Å². The summed E-state index contributed by atoms with van der Waals surface area (Å²) in [5, 5.41) is 30.5. The molecule has 17 nitrogen and oxygen atoms in total. The molecule has 0 aliphatic rings. The number of aromatic nitrogens is 17. The van der Waals surface area contributed by atoms with Crippen LogP contribution in [0.5, 0.6) is 0 Å². The van der Waals surface area contributed by atoms with E-state index < -0.39 is 0 Å². The molecular formula is C53H109N17. The molecular weight excluding hydrogens is 875 g/mol. The van der Waals surface area contributed by atoms with Crippen LogP contribution in [0.25, 0.3) is 0 Å². The molecule has 0 N–H and O–H groups in total. The number of rotatable bonds is 7. The Kier molecular flexibility index (Phi) is 66.5. The van der Waals surface area contributed by atoms with Gasteiger partial charge in [-0.15, -0.1) is 15.3 Å². The maximum Gasteiger partial charge on any atom is 0.137 e. The van der Waals surface area contributed by atoms with E-state index in [-0.39, 0.29) is 0 Å². The van der Waals surface area contributed by atoms with Crippen LogP contribution >= 0.6 is 0 Å². The number of hydrogen-bond acceptors (Lipinski definition) is 10. The first-order valence-corrected chi connectivity index (χ1v) is 26.1. The van der Waals surface area contributed by atoms with Gasteiger partial charge in [-0.25, -0.2) is 9.97 Å². The van der Waals surface area contributed by atoms with Gasteiger partial charge in [-0.2, -0.15) is 25.2 Å². The summed E-state index contributed by atoms with van der Waals surface area (Å²) in [6, 6.07) is 9.36. The summed E-state index contributed by atoms with van der Waals surface area (Å²) in [4.78, 5) is 9.37. The van der Waals surface area contributed by atoms with Crippen LogP contribution in [0, 0.1) is 0 Å².